The molecule has 0 atom stereocenters. The van der Waals surface area contributed by atoms with Crippen molar-refractivity contribution in [2.75, 3.05) is 5.32 Å². The Labute approximate surface area is 122 Å². The molecule has 0 amide bonds. The van der Waals surface area contributed by atoms with Crippen LogP contribution in [0.1, 0.15) is 23.7 Å². The number of nitrogens with zero attached hydrogens (tertiary/aromatic N) is 2. The van der Waals surface area contributed by atoms with E-state index in [2.05, 4.69) is 15.3 Å². The van der Waals surface area contributed by atoms with Crippen LogP contribution < -0.4 is 5.32 Å². The van der Waals surface area contributed by atoms with Gasteiger partial charge in [0.1, 0.15) is 0 Å². The second-order valence-corrected chi connectivity index (χ2v) is 4.73. The van der Waals surface area contributed by atoms with E-state index in [0.717, 1.165) is 22.2 Å². The third-order valence-electron chi connectivity index (χ3n) is 3.27. The topological polar surface area (TPSA) is 54.9 Å². The fraction of sp³-hybridized carbons (Fsp3) is 0.118. The molecule has 1 aromatic heterocycles. The van der Waals surface area contributed by atoms with E-state index in [1.807, 2.05) is 55.5 Å². The zero-order valence-corrected chi connectivity index (χ0v) is 11.7. The van der Waals surface area contributed by atoms with Crippen LogP contribution in [0.3, 0.4) is 0 Å². The number of rotatable bonds is 4. The lowest BCUT2D eigenvalue weighted by Gasteiger charge is -2.06. The maximum Gasteiger partial charge on any atom is 0.227 e. The molecule has 3 rings (SSSR count). The highest BCUT2D eigenvalue weighted by molar-refractivity contribution is 5.96. The summed E-state index contributed by atoms with van der Waals surface area (Å²) >= 11 is 0. The number of hydrogen-bond donors (Lipinski definition) is 1. The first kappa shape index (κ1) is 13.2. The molecule has 0 fully saturated rings. The number of benzene rings is 2. The SMILES string of the molecule is CCC(=O)c1ccc(Nc2ncc3ccccc3n2)cc1. The maximum absolute atomic E-state index is 11.6. The number of carbonyl (C=O) groups excluding carboxylic acids is 1. The van der Waals surface area contributed by atoms with Crippen LogP contribution in [-0.4, -0.2) is 15.8 Å². The maximum atomic E-state index is 11.6. The van der Waals surface area contributed by atoms with Gasteiger partial charge < -0.3 is 5.32 Å². The molecule has 0 spiro atoms. The van der Waals surface area contributed by atoms with Crippen LogP contribution in [0.5, 0.6) is 0 Å². The van der Waals surface area contributed by atoms with Crippen molar-refractivity contribution < 1.29 is 4.79 Å². The minimum atomic E-state index is 0.142. The van der Waals surface area contributed by atoms with Gasteiger partial charge in [0.2, 0.25) is 5.95 Å². The van der Waals surface area contributed by atoms with E-state index >= 15 is 0 Å². The normalized spacial score (nSPS) is 10.5. The van der Waals surface area contributed by atoms with Crippen molar-refractivity contribution in [2.24, 2.45) is 0 Å². The predicted octanol–water partition coefficient (Wildman–Crippen LogP) is 3.97. The van der Waals surface area contributed by atoms with E-state index < -0.39 is 0 Å². The van der Waals surface area contributed by atoms with E-state index in [1.54, 1.807) is 6.20 Å². The molecule has 2 aromatic carbocycles. The van der Waals surface area contributed by atoms with Crippen LogP contribution in [-0.2, 0) is 0 Å². The summed E-state index contributed by atoms with van der Waals surface area (Å²) in [6.45, 7) is 1.86. The summed E-state index contributed by atoms with van der Waals surface area (Å²) in [6, 6.07) is 15.2. The highest BCUT2D eigenvalue weighted by Gasteiger charge is 2.04. The Kier molecular flexibility index (Phi) is 3.60. The number of para-hydroxylation sites is 1. The fourth-order valence-electron chi connectivity index (χ4n) is 2.11. The number of ketones is 1. The average Bonchev–Trinajstić information content (AvgIpc) is 2.55. The third kappa shape index (κ3) is 2.89. The molecule has 0 bridgehead atoms. The third-order valence-corrected chi connectivity index (χ3v) is 3.27. The van der Waals surface area contributed by atoms with E-state index in [4.69, 9.17) is 0 Å². The molecule has 0 aliphatic rings. The van der Waals surface area contributed by atoms with E-state index in [-0.39, 0.29) is 5.78 Å². The molecule has 0 unspecified atom stereocenters. The van der Waals surface area contributed by atoms with Crippen molar-refractivity contribution in [3.05, 3.63) is 60.3 Å². The molecule has 104 valence electrons. The minimum Gasteiger partial charge on any atom is -0.324 e. The van der Waals surface area contributed by atoms with Gasteiger partial charge in [0.25, 0.3) is 0 Å². The van der Waals surface area contributed by atoms with Crippen molar-refractivity contribution in [3.63, 3.8) is 0 Å². The smallest absolute Gasteiger partial charge is 0.227 e. The Morgan fingerprint density at radius 2 is 1.86 bits per heavy atom. The molecule has 3 aromatic rings. The Morgan fingerprint density at radius 3 is 2.62 bits per heavy atom. The predicted molar refractivity (Wildman–Crippen MR) is 83.9 cm³/mol. The number of aromatic nitrogens is 2. The number of carbonyl (C=O) groups is 1. The van der Waals surface area contributed by atoms with Gasteiger partial charge in [-0.1, -0.05) is 25.1 Å². The average molecular weight is 277 g/mol. The van der Waals surface area contributed by atoms with Gasteiger partial charge in [0.05, 0.1) is 5.52 Å². The van der Waals surface area contributed by atoms with Crippen LogP contribution in [0, 0.1) is 0 Å². The standard InChI is InChI=1S/C17H15N3O/c1-2-16(21)12-7-9-14(10-8-12)19-17-18-11-13-5-3-4-6-15(13)20-17/h3-11H,2H2,1H3,(H,18,19,20). The minimum absolute atomic E-state index is 0.142. The second-order valence-electron chi connectivity index (χ2n) is 4.73. The molecule has 0 saturated heterocycles. The number of Topliss-reactive ketones (excluding diaryl/α,β-unsaturated/α-hetero) is 1. The van der Waals surface area contributed by atoms with Crippen LogP contribution in [0.15, 0.2) is 54.7 Å². The highest BCUT2D eigenvalue weighted by atomic mass is 16.1. The van der Waals surface area contributed by atoms with Crippen molar-refractivity contribution in [1.29, 1.82) is 0 Å². The van der Waals surface area contributed by atoms with Crippen molar-refractivity contribution in [1.82, 2.24) is 9.97 Å². The quantitative estimate of drug-likeness (QED) is 0.733. The van der Waals surface area contributed by atoms with Crippen LogP contribution in [0.2, 0.25) is 0 Å². The molecule has 0 aliphatic carbocycles. The summed E-state index contributed by atoms with van der Waals surface area (Å²) in [6.07, 6.45) is 2.31. The van der Waals surface area contributed by atoms with Gasteiger partial charge in [-0.05, 0) is 30.3 Å². The number of fused-ring (bicyclic) bond motifs is 1. The highest BCUT2D eigenvalue weighted by Crippen LogP contribution is 2.17. The van der Waals surface area contributed by atoms with Gasteiger partial charge in [-0.15, -0.1) is 0 Å². The molecule has 4 heteroatoms. The lowest BCUT2D eigenvalue weighted by atomic mass is 10.1. The summed E-state index contributed by atoms with van der Waals surface area (Å²) in [5.41, 5.74) is 2.48. The molecule has 21 heavy (non-hydrogen) atoms. The van der Waals surface area contributed by atoms with E-state index in [1.165, 1.54) is 0 Å². The van der Waals surface area contributed by atoms with Crippen LogP contribution in [0.4, 0.5) is 11.6 Å². The van der Waals surface area contributed by atoms with Crippen molar-refractivity contribution in [2.45, 2.75) is 13.3 Å². The number of nitrogens with one attached hydrogen (secondary N) is 1. The summed E-state index contributed by atoms with van der Waals surface area (Å²) in [5.74, 6) is 0.687. The van der Waals surface area contributed by atoms with Gasteiger partial charge in [-0.2, -0.15) is 0 Å². The zero-order valence-electron chi connectivity index (χ0n) is 11.7. The Balaban J connectivity index is 1.83. The second kappa shape index (κ2) is 5.71. The van der Waals surface area contributed by atoms with E-state index in [9.17, 15) is 4.79 Å². The van der Waals surface area contributed by atoms with Crippen molar-refractivity contribution >= 4 is 28.3 Å². The first-order valence-corrected chi connectivity index (χ1v) is 6.88. The molecule has 4 nitrogen and oxygen atoms in total. The lowest BCUT2D eigenvalue weighted by molar-refractivity contribution is 0.0988. The molecule has 0 radical (unpaired) electrons. The Morgan fingerprint density at radius 1 is 1.10 bits per heavy atom. The molecular weight excluding hydrogens is 262 g/mol. The first-order chi connectivity index (χ1) is 10.3. The van der Waals surface area contributed by atoms with E-state index in [0.29, 0.717) is 12.4 Å². The van der Waals surface area contributed by atoms with Crippen LogP contribution >= 0.6 is 0 Å². The first-order valence-electron chi connectivity index (χ1n) is 6.88. The number of anilines is 2. The largest absolute Gasteiger partial charge is 0.324 e. The Bertz CT molecular complexity index is 781. The monoisotopic (exact) mass is 277 g/mol. The summed E-state index contributed by atoms with van der Waals surface area (Å²) in [5, 5.41) is 4.15. The summed E-state index contributed by atoms with van der Waals surface area (Å²) in [7, 11) is 0. The lowest BCUT2D eigenvalue weighted by Crippen LogP contribution is -1.99. The van der Waals surface area contributed by atoms with Gasteiger partial charge >= 0.3 is 0 Å². The molecule has 1 N–H and O–H groups in total. The molecular formula is C17H15N3O. The molecule has 1 heterocycles. The zero-order chi connectivity index (χ0) is 14.7. The molecule has 0 saturated carbocycles. The summed E-state index contributed by atoms with van der Waals surface area (Å²) < 4.78 is 0. The van der Waals surface area contributed by atoms with Gasteiger partial charge in [0, 0.05) is 29.3 Å². The van der Waals surface area contributed by atoms with Crippen molar-refractivity contribution in [3.8, 4) is 0 Å². The van der Waals surface area contributed by atoms with Gasteiger partial charge in [-0.3, -0.25) is 4.79 Å². The van der Waals surface area contributed by atoms with Gasteiger partial charge in [0.15, 0.2) is 5.78 Å². The van der Waals surface area contributed by atoms with Gasteiger partial charge in [-0.25, -0.2) is 9.97 Å². The molecule has 0 aliphatic heterocycles. The number of hydrogen-bond acceptors (Lipinski definition) is 4. The fourth-order valence-corrected chi connectivity index (χ4v) is 2.11. The Hall–Kier alpha value is -2.75. The summed E-state index contributed by atoms with van der Waals surface area (Å²) in [4.78, 5) is 20.3. The van der Waals surface area contributed by atoms with Crippen LogP contribution in [0.25, 0.3) is 10.9 Å².